The van der Waals surface area contributed by atoms with Gasteiger partial charge in [0.15, 0.2) is 0 Å². The third kappa shape index (κ3) is 3.04. The summed E-state index contributed by atoms with van der Waals surface area (Å²) in [6.45, 7) is 0. The van der Waals surface area contributed by atoms with Crippen LogP contribution in [0.1, 0.15) is 16.1 Å². The molecule has 3 nitrogen and oxygen atoms in total. The minimum Gasteiger partial charge on any atom is -0.366 e. The number of alkyl halides is 3. The molecule has 0 saturated heterocycles. The molecular weight excluding hydrogens is 197 g/mol. The number of hydrogen-bond acceptors (Lipinski definition) is 2. The number of nitrogens with two attached hydrogens (primary N) is 1. The van der Waals surface area contributed by atoms with Crippen LogP contribution in [-0.4, -0.2) is 17.1 Å². The lowest BCUT2D eigenvalue weighted by Crippen LogP contribution is -2.15. The number of primary amides is 1. The van der Waals surface area contributed by atoms with Crippen LogP contribution in [0.2, 0.25) is 0 Å². The van der Waals surface area contributed by atoms with Crippen LogP contribution in [0.25, 0.3) is 0 Å². The fourth-order valence-electron chi connectivity index (χ4n) is 0.933. The van der Waals surface area contributed by atoms with Gasteiger partial charge < -0.3 is 5.73 Å². The van der Waals surface area contributed by atoms with E-state index in [1.54, 1.807) is 0 Å². The van der Waals surface area contributed by atoms with Crippen molar-refractivity contribution >= 4 is 5.91 Å². The molecule has 6 heteroatoms. The van der Waals surface area contributed by atoms with Crippen LogP contribution in [-0.2, 0) is 6.42 Å². The number of carbonyl (C=O) groups is 1. The zero-order valence-electron chi connectivity index (χ0n) is 7.01. The quantitative estimate of drug-likeness (QED) is 0.788. The molecule has 0 unspecified atom stereocenters. The van der Waals surface area contributed by atoms with Gasteiger partial charge in [0.1, 0.15) is 0 Å². The highest BCUT2D eigenvalue weighted by Crippen LogP contribution is 2.20. The molecule has 0 spiro atoms. The predicted octanol–water partition coefficient (Wildman–Crippen LogP) is 1.29. The molecule has 1 aromatic rings. The van der Waals surface area contributed by atoms with Crippen molar-refractivity contribution in [3.05, 3.63) is 29.6 Å². The van der Waals surface area contributed by atoms with Crippen LogP contribution in [0, 0.1) is 0 Å². The van der Waals surface area contributed by atoms with Crippen LogP contribution >= 0.6 is 0 Å². The topological polar surface area (TPSA) is 56.0 Å². The van der Waals surface area contributed by atoms with Crippen molar-refractivity contribution < 1.29 is 18.0 Å². The minimum atomic E-state index is -4.33. The highest BCUT2D eigenvalue weighted by Gasteiger charge is 2.28. The molecule has 1 aromatic heterocycles. The Bertz CT molecular complexity index is 349. The average Bonchev–Trinajstić information content (AvgIpc) is 2.01. The Morgan fingerprint density at radius 3 is 2.64 bits per heavy atom. The highest BCUT2D eigenvalue weighted by molar-refractivity contribution is 5.92. The van der Waals surface area contributed by atoms with Gasteiger partial charge in [-0.15, -0.1) is 0 Å². The summed E-state index contributed by atoms with van der Waals surface area (Å²) >= 11 is 0. The summed E-state index contributed by atoms with van der Waals surface area (Å²) in [7, 11) is 0. The van der Waals surface area contributed by atoms with E-state index in [1.807, 2.05) is 0 Å². The number of amides is 1. The van der Waals surface area contributed by atoms with E-state index in [-0.39, 0.29) is 11.3 Å². The number of aromatic nitrogens is 1. The number of halogens is 3. The molecular formula is C8H7F3N2O. The Balaban J connectivity index is 2.89. The van der Waals surface area contributed by atoms with Crippen molar-refractivity contribution in [3.63, 3.8) is 0 Å². The SMILES string of the molecule is NC(=O)c1ccnc(CC(F)(F)F)c1. The smallest absolute Gasteiger partial charge is 0.366 e. The zero-order chi connectivity index (χ0) is 10.8. The summed E-state index contributed by atoms with van der Waals surface area (Å²) in [4.78, 5) is 14.1. The molecule has 0 fully saturated rings. The Morgan fingerprint density at radius 1 is 1.50 bits per heavy atom. The Kier molecular flexibility index (Phi) is 2.73. The zero-order valence-corrected chi connectivity index (χ0v) is 7.01. The first-order valence-corrected chi connectivity index (χ1v) is 3.70. The standard InChI is InChI=1S/C8H7F3N2O/c9-8(10,11)4-6-3-5(7(12)14)1-2-13-6/h1-3H,4H2,(H2,12,14). The minimum absolute atomic E-state index is 0.0271. The lowest BCUT2D eigenvalue weighted by molar-refractivity contribution is -0.127. The summed E-state index contributed by atoms with van der Waals surface area (Å²) in [6, 6.07) is 2.30. The summed E-state index contributed by atoms with van der Waals surface area (Å²) in [6.07, 6.45) is -4.36. The predicted molar refractivity (Wildman–Crippen MR) is 42.5 cm³/mol. The van der Waals surface area contributed by atoms with Gasteiger partial charge in [-0.25, -0.2) is 0 Å². The van der Waals surface area contributed by atoms with Gasteiger partial charge in [-0.05, 0) is 12.1 Å². The van der Waals surface area contributed by atoms with Gasteiger partial charge in [-0.3, -0.25) is 9.78 Å². The lowest BCUT2D eigenvalue weighted by atomic mass is 10.2. The first-order chi connectivity index (χ1) is 6.38. The van der Waals surface area contributed by atoms with E-state index in [0.717, 1.165) is 12.3 Å². The molecule has 14 heavy (non-hydrogen) atoms. The van der Waals surface area contributed by atoms with Crippen LogP contribution in [0.15, 0.2) is 18.3 Å². The molecule has 76 valence electrons. The van der Waals surface area contributed by atoms with Crippen molar-refractivity contribution in [3.8, 4) is 0 Å². The second kappa shape index (κ2) is 3.65. The van der Waals surface area contributed by atoms with Gasteiger partial charge >= 0.3 is 6.18 Å². The van der Waals surface area contributed by atoms with E-state index in [9.17, 15) is 18.0 Å². The Hall–Kier alpha value is -1.59. The fourth-order valence-corrected chi connectivity index (χ4v) is 0.933. The molecule has 0 saturated carbocycles. The number of hydrogen-bond donors (Lipinski definition) is 1. The van der Waals surface area contributed by atoms with E-state index in [0.29, 0.717) is 0 Å². The Labute approximate surface area is 77.7 Å². The molecule has 0 atom stereocenters. The van der Waals surface area contributed by atoms with Gasteiger partial charge in [0, 0.05) is 11.8 Å². The van der Waals surface area contributed by atoms with Gasteiger partial charge in [-0.1, -0.05) is 0 Å². The van der Waals surface area contributed by atoms with Crippen molar-refractivity contribution in [1.82, 2.24) is 4.98 Å². The van der Waals surface area contributed by atoms with Gasteiger partial charge in [0.25, 0.3) is 0 Å². The van der Waals surface area contributed by atoms with Crippen LogP contribution < -0.4 is 5.73 Å². The molecule has 0 aromatic carbocycles. The van der Waals surface area contributed by atoms with Crippen molar-refractivity contribution in [1.29, 1.82) is 0 Å². The second-order valence-electron chi connectivity index (χ2n) is 2.69. The van der Waals surface area contributed by atoms with Gasteiger partial charge in [-0.2, -0.15) is 13.2 Å². The summed E-state index contributed by atoms with van der Waals surface area (Å²) in [5, 5.41) is 0. The van der Waals surface area contributed by atoms with E-state index in [2.05, 4.69) is 4.98 Å². The van der Waals surface area contributed by atoms with Crippen molar-refractivity contribution in [2.45, 2.75) is 12.6 Å². The summed E-state index contributed by atoms with van der Waals surface area (Å²) < 4.78 is 35.8. The largest absolute Gasteiger partial charge is 0.394 e. The monoisotopic (exact) mass is 204 g/mol. The normalized spacial score (nSPS) is 11.4. The lowest BCUT2D eigenvalue weighted by Gasteiger charge is -2.05. The van der Waals surface area contributed by atoms with Crippen molar-refractivity contribution in [2.75, 3.05) is 0 Å². The maximum absolute atomic E-state index is 11.9. The summed E-state index contributed by atoms with van der Waals surface area (Å²) in [5.74, 6) is -0.768. The van der Waals surface area contributed by atoms with E-state index in [4.69, 9.17) is 5.73 Å². The van der Waals surface area contributed by atoms with E-state index in [1.165, 1.54) is 6.07 Å². The highest BCUT2D eigenvalue weighted by atomic mass is 19.4. The first kappa shape index (κ1) is 10.5. The third-order valence-electron chi connectivity index (χ3n) is 1.48. The molecule has 0 radical (unpaired) electrons. The summed E-state index contributed by atoms with van der Waals surface area (Å²) in [5.41, 5.74) is 4.71. The number of rotatable bonds is 2. The maximum atomic E-state index is 11.9. The maximum Gasteiger partial charge on any atom is 0.394 e. The molecule has 0 aliphatic carbocycles. The number of nitrogens with zero attached hydrogens (tertiary/aromatic N) is 1. The Morgan fingerprint density at radius 2 is 2.14 bits per heavy atom. The van der Waals surface area contributed by atoms with Gasteiger partial charge in [0.2, 0.25) is 5.91 Å². The molecule has 0 aliphatic heterocycles. The van der Waals surface area contributed by atoms with Crippen LogP contribution in [0.4, 0.5) is 13.2 Å². The van der Waals surface area contributed by atoms with E-state index < -0.39 is 18.5 Å². The molecule has 2 N–H and O–H groups in total. The molecule has 1 heterocycles. The first-order valence-electron chi connectivity index (χ1n) is 3.70. The average molecular weight is 204 g/mol. The molecule has 0 bridgehead atoms. The van der Waals surface area contributed by atoms with Crippen LogP contribution in [0.5, 0.6) is 0 Å². The number of pyridine rings is 1. The van der Waals surface area contributed by atoms with Crippen molar-refractivity contribution in [2.24, 2.45) is 5.73 Å². The third-order valence-corrected chi connectivity index (χ3v) is 1.48. The molecule has 1 rings (SSSR count). The molecule has 0 aliphatic rings. The fraction of sp³-hybridized carbons (Fsp3) is 0.250. The van der Waals surface area contributed by atoms with Gasteiger partial charge in [0.05, 0.1) is 12.1 Å². The number of carbonyl (C=O) groups excluding carboxylic acids is 1. The van der Waals surface area contributed by atoms with Crippen LogP contribution in [0.3, 0.4) is 0 Å². The van der Waals surface area contributed by atoms with E-state index >= 15 is 0 Å². The molecule has 1 amide bonds. The second-order valence-corrected chi connectivity index (χ2v) is 2.69.